The molecule has 238 valence electrons. The van der Waals surface area contributed by atoms with Gasteiger partial charge in [-0.1, -0.05) is 13.8 Å². The van der Waals surface area contributed by atoms with Crippen LogP contribution in [0.5, 0.6) is 0 Å². The molecule has 10 heteroatoms. The molecule has 5 aliphatic rings. The zero-order valence-electron chi connectivity index (χ0n) is 25.6. The summed E-state index contributed by atoms with van der Waals surface area (Å²) in [7, 11) is 0. The number of amides is 1. The highest BCUT2D eigenvalue weighted by atomic mass is 16.5. The topological polar surface area (TPSA) is 139 Å². The highest BCUT2D eigenvalue weighted by Gasteiger charge is 2.69. The number of fused-ring (bicyclic) bond motifs is 5. The fourth-order valence-electron chi connectivity index (χ4n) is 10.5. The van der Waals surface area contributed by atoms with Crippen LogP contribution in [0.1, 0.15) is 83.1 Å². The minimum atomic E-state index is -0.996. The third-order valence-electron chi connectivity index (χ3n) is 12.6. The molecule has 1 aromatic heterocycles. The van der Waals surface area contributed by atoms with Crippen molar-refractivity contribution in [3.8, 4) is 0 Å². The fourth-order valence-corrected chi connectivity index (χ4v) is 10.5. The van der Waals surface area contributed by atoms with Crippen LogP contribution in [-0.2, 0) is 14.3 Å². The third kappa shape index (κ3) is 5.52. The summed E-state index contributed by atoms with van der Waals surface area (Å²) in [6.07, 6.45) is 8.00. The minimum Gasteiger partial charge on any atom is -0.481 e. The second-order valence-corrected chi connectivity index (χ2v) is 14.5. The molecule has 3 N–H and O–H groups in total. The maximum Gasteiger partial charge on any atom is 0.407 e. The summed E-state index contributed by atoms with van der Waals surface area (Å²) in [4.78, 5) is 38.6. The van der Waals surface area contributed by atoms with Gasteiger partial charge in [0.05, 0.1) is 25.1 Å². The lowest BCUT2D eigenvalue weighted by atomic mass is 9.43. The molecule has 2 heterocycles. The molecule has 6 rings (SSSR count). The summed E-state index contributed by atoms with van der Waals surface area (Å²) in [6, 6.07) is 3.25. The van der Waals surface area contributed by atoms with Crippen LogP contribution in [0.15, 0.2) is 27.6 Å². The summed E-state index contributed by atoms with van der Waals surface area (Å²) in [6.45, 7) is 8.82. The number of aliphatic carboxylic acids is 1. The van der Waals surface area contributed by atoms with Crippen LogP contribution in [0.4, 0.5) is 4.79 Å². The standard InChI is InChI=1S/C33H48N2O8/c1-31-9-7-24(34-30(39)42-16-13-35-11-14-41-15-12-35)18-23(31)4-5-26-25(31)8-10-32(2)29(21-3-6-28(38)43-20-21)22(17-27(36)37)19-33(26,32)40/h3,6,20,22-26,29,40H,4-5,7-19H2,1-2H3,(H,34,39)(H,36,37)/t22-,23-,24+,25+,26-,29+,31+,32-,33+/m1/s1. The van der Waals surface area contributed by atoms with Gasteiger partial charge in [-0.2, -0.15) is 0 Å². The van der Waals surface area contributed by atoms with Crippen molar-refractivity contribution in [2.75, 3.05) is 39.5 Å². The van der Waals surface area contributed by atoms with Gasteiger partial charge in [-0.25, -0.2) is 9.59 Å². The molecule has 1 aliphatic heterocycles. The Morgan fingerprint density at radius 1 is 1.09 bits per heavy atom. The van der Waals surface area contributed by atoms with Gasteiger partial charge in [0.1, 0.15) is 6.61 Å². The smallest absolute Gasteiger partial charge is 0.407 e. The molecule has 4 aliphatic carbocycles. The Morgan fingerprint density at radius 3 is 2.60 bits per heavy atom. The second-order valence-electron chi connectivity index (χ2n) is 14.5. The van der Waals surface area contributed by atoms with Gasteiger partial charge in [-0.3, -0.25) is 9.69 Å². The fraction of sp³-hybridized carbons (Fsp3) is 0.788. The molecule has 1 saturated heterocycles. The Hall–Kier alpha value is -2.43. The van der Waals surface area contributed by atoms with Gasteiger partial charge < -0.3 is 29.4 Å². The molecule has 0 spiro atoms. The van der Waals surface area contributed by atoms with Crippen LogP contribution >= 0.6 is 0 Å². The molecule has 4 saturated carbocycles. The number of carbonyl (C=O) groups excluding carboxylic acids is 1. The maximum absolute atomic E-state index is 12.7. The molecule has 9 atom stereocenters. The largest absolute Gasteiger partial charge is 0.481 e. The van der Waals surface area contributed by atoms with E-state index in [1.165, 1.54) is 12.3 Å². The molecule has 43 heavy (non-hydrogen) atoms. The number of aliphatic hydroxyl groups is 1. The van der Waals surface area contributed by atoms with Crippen molar-refractivity contribution in [1.82, 2.24) is 10.2 Å². The molecular weight excluding hydrogens is 552 g/mol. The van der Waals surface area contributed by atoms with Crippen LogP contribution in [0, 0.1) is 34.5 Å². The van der Waals surface area contributed by atoms with Crippen LogP contribution in [0.25, 0.3) is 0 Å². The number of rotatable bonds is 7. The Kier molecular flexibility index (Phi) is 8.41. The molecule has 1 amide bonds. The van der Waals surface area contributed by atoms with E-state index in [4.69, 9.17) is 13.9 Å². The molecule has 1 aromatic rings. The second kappa shape index (κ2) is 11.8. The summed E-state index contributed by atoms with van der Waals surface area (Å²) < 4.78 is 16.1. The number of morpholine rings is 1. The van der Waals surface area contributed by atoms with E-state index in [0.29, 0.717) is 24.9 Å². The normalized spacial score (nSPS) is 41.0. The van der Waals surface area contributed by atoms with E-state index in [1.54, 1.807) is 6.07 Å². The number of hydrogen-bond donors (Lipinski definition) is 3. The highest BCUT2D eigenvalue weighted by molar-refractivity contribution is 5.68. The average Bonchev–Trinajstić information content (AvgIpc) is 3.20. The summed E-state index contributed by atoms with van der Waals surface area (Å²) in [5, 5.41) is 25.7. The molecule has 0 radical (unpaired) electrons. The number of nitrogens with zero attached hydrogens (tertiary/aromatic N) is 1. The van der Waals surface area contributed by atoms with Crippen molar-refractivity contribution in [2.45, 2.75) is 89.2 Å². The van der Waals surface area contributed by atoms with Gasteiger partial charge in [-0.05, 0) is 98.0 Å². The van der Waals surface area contributed by atoms with E-state index < -0.39 is 22.6 Å². The van der Waals surface area contributed by atoms with Crippen molar-refractivity contribution in [2.24, 2.45) is 34.5 Å². The average molecular weight is 601 g/mol. The van der Waals surface area contributed by atoms with E-state index in [1.807, 2.05) is 0 Å². The number of carboxylic acids is 1. The van der Waals surface area contributed by atoms with Crippen molar-refractivity contribution < 1.29 is 33.7 Å². The van der Waals surface area contributed by atoms with Crippen LogP contribution in [0.2, 0.25) is 0 Å². The molecule has 10 nitrogen and oxygen atoms in total. The van der Waals surface area contributed by atoms with E-state index >= 15 is 0 Å². The van der Waals surface area contributed by atoms with Gasteiger partial charge in [0.15, 0.2) is 0 Å². The number of carbonyl (C=O) groups is 2. The van der Waals surface area contributed by atoms with Gasteiger partial charge in [-0.15, -0.1) is 0 Å². The van der Waals surface area contributed by atoms with Crippen LogP contribution in [0.3, 0.4) is 0 Å². The van der Waals surface area contributed by atoms with E-state index in [0.717, 1.165) is 83.4 Å². The van der Waals surface area contributed by atoms with E-state index in [9.17, 15) is 24.6 Å². The van der Waals surface area contributed by atoms with Crippen molar-refractivity contribution in [3.63, 3.8) is 0 Å². The number of carboxylic acid groups (broad SMARTS) is 1. The van der Waals surface area contributed by atoms with Crippen LogP contribution < -0.4 is 10.9 Å². The maximum atomic E-state index is 12.7. The summed E-state index contributed by atoms with van der Waals surface area (Å²) in [5.41, 5.74) is -1.08. The first-order chi connectivity index (χ1) is 20.5. The van der Waals surface area contributed by atoms with Gasteiger partial charge in [0.2, 0.25) is 0 Å². The monoisotopic (exact) mass is 600 g/mol. The summed E-state index contributed by atoms with van der Waals surface area (Å²) >= 11 is 0. The quantitative estimate of drug-likeness (QED) is 0.424. The first-order valence-electron chi connectivity index (χ1n) is 16.3. The lowest BCUT2D eigenvalue weighted by molar-refractivity contribution is -0.202. The molecule has 5 fully saturated rings. The lowest BCUT2D eigenvalue weighted by Gasteiger charge is -2.63. The number of ether oxygens (including phenoxy) is 2. The number of alkyl carbamates (subject to hydrolysis) is 1. The number of hydrogen-bond acceptors (Lipinski definition) is 8. The summed E-state index contributed by atoms with van der Waals surface area (Å²) in [5.74, 6) is -0.430. The van der Waals surface area contributed by atoms with Crippen molar-refractivity contribution in [1.29, 1.82) is 0 Å². The molecule has 0 aromatic carbocycles. The molecule has 0 bridgehead atoms. The predicted octanol–water partition coefficient (Wildman–Crippen LogP) is 4.01. The molecular formula is C33H48N2O8. The zero-order chi connectivity index (χ0) is 30.4. The Labute approximate surface area is 253 Å². The Balaban J connectivity index is 1.13. The number of nitrogens with one attached hydrogen (secondary N) is 1. The Bertz CT molecular complexity index is 1230. The first kappa shape index (κ1) is 30.6. The lowest BCUT2D eigenvalue weighted by Crippen LogP contribution is -2.62. The van der Waals surface area contributed by atoms with Gasteiger partial charge >= 0.3 is 17.7 Å². The predicted molar refractivity (Wildman–Crippen MR) is 158 cm³/mol. The minimum absolute atomic E-state index is 0.0190. The van der Waals surface area contributed by atoms with Crippen molar-refractivity contribution in [3.05, 3.63) is 34.4 Å². The van der Waals surface area contributed by atoms with Crippen molar-refractivity contribution >= 4 is 12.1 Å². The zero-order valence-corrected chi connectivity index (χ0v) is 25.6. The van der Waals surface area contributed by atoms with Crippen LogP contribution in [-0.4, -0.2) is 78.3 Å². The third-order valence-corrected chi connectivity index (χ3v) is 12.6. The van der Waals surface area contributed by atoms with E-state index in [2.05, 4.69) is 24.1 Å². The van der Waals surface area contributed by atoms with Gasteiger partial charge in [0, 0.05) is 43.6 Å². The highest BCUT2D eigenvalue weighted by Crippen LogP contribution is 2.72. The first-order valence-corrected chi connectivity index (χ1v) is 16.3. The van der Waals surface area contributed by atoms with E-state index in [-0.39, 0.29) is 41.7 Å². The van der Waals surface area contributed by atoms with Gasteiger partial charge in [0.25, 0.3) is 0 Å². The Morgan fingerprint density at radius 2 is 1.88 bits per heavy atom. The SMILES string of the molecule is C[C@]12CC[C@H](NC(=O)OCCN3CCOCC3)C[C@H]1CC[C@@H]1[C@@H]2CC[C@]2(C)[C@@H](c3ccc(=O)oc3)[C@H](CC(=O)O)C[C@]12O. The molecule has 0 unspecified atom stereocenters.